The highest BCUT2D eigenvalue weighted by Gasteiger charge is 2.09. The summed E-state index contributed by atoms with van der Waals surface area (Å²) in [5, 5.41) is 7.40. The van der Waals surface area contributed by atoms with Crippen LogP contribution < -0.4 is 0 Å². The smallest absolute Gasteiger partial charge is 0.0406 e. The largest absolute Gasteiger partial charge is 0.0695 e. The molecule has 116 valence electrons. The molecule has 0 fully saturated rings. The van der Waals surface area contributed by atoms with E-state index in [0.29, 0.717) is 0 Å². The van der Waals surface area contributed by atoms with Crippen LogP contribution in [0.4, 0.5) is 0 Å². The first-order chi connectivity index (χ1) is 12.3. The van der Waals surface area contributed by atoms with E-state index in [1.165, 1.54) is 38.1 Å². The number of fused-ring (bicyclic) bond motifs is 6. The van der Waals surface area contributed by atoms with Crippen LogP contribution in [0.15, 0.2) is 83.3 Å². The third-order valence-corrected chi connectivity index (χ3v) is 5.25. The van der Waals surface area contributed by atoms with E-state index in [1.807, 2.05) is 6.07 Å². The molecule has 1 heteroatoms. The fourth-order valence-corrected chi connectivity index (χ4v) is 4.01. The van der Waals surface area contributed by atoms with E-state index < -0.39 is 0 Å². The van der Waals surface area contributed by atoms with Crippen molar-refractivity contribution in [2.24, 2.45) is 0 Å². The lowest BCUT2D eigenvalue weighted by Gasteiger charge is -2.10. The molecule has 0 aliphatic rings. The lowest BCUT2D eigenvalue weighted by molar-refractivity contribution is 1.61. The first kappa shape index (κ1) is 14.5. The van der Waals surface area contributed by atoms with Gasteiger partial charge in [-0.25, -0.2) is 0 Å². The minimum Gasteiger partial charge on any atom is -0.0695 e. The van der Waals surface area contributed by atoms with Gasteiger partial charge < -0.3 is 0 Å². The van der Waals surface area contributed by atoms with Crippen molar-refractivity contribution >= 4 is 48.2 Å². The van der Waals surface area contributed by atoms with Crippen molar-refractivity contribution in [3.63, 3.8) is 0 Å². The molecule has 0 aliphatic carbocycles. The monoisotopic (exact) mass is 380 g/mol. The van der Waals surface area contributed by atoms with Crippen molar-refractivity contribution in [2.75, 3.05) is 0 Å². The molecule has 0 amide bonds. The normalized spacial score (nSPS) is 11.1. The zero-order valence-corrected chi connectivity index (χ0v) is 15.0. The Morgan fingerprint density at radius 2 is 1.36 bits per heavy atom. The molecular formula is C24H13Br. The Kier molecular flexibility index (Phi) is 3.26. The van der Waals surface area contributed by atoms with Gasteiger partial charge in [0.15, 0.2) is 0 Å². The van der Waals surface area contributed by atoms with Gasteiger partial charge >= 0.3 is 0 Å². The Balaban J connectivity index is 1.93. The van der Waals surface area contributed by atoms with Gasteiger partial charge in [0, 0.05) is 9.86 Å². The van der Waals surface area contributed by atoms with Crippen LogP contribution in [0, 0.1) is 12.1 Å². The highest BCUT2D eigenvalue weighted by Crippen LogP contribution is 2.36. The zero-order chi connectivity index (χ0) is 16.8. The molecule has 0 aliphatic heterocycles. The predicted octanol–water partition coefficient (Wildman–Crippen LogP) is 7.18. The molecule has 5 aromatic rings. The molecule has 0 saturated carbocycles. The van der Waals surface area contributed by atoms with Gasteiger partial charge in [0.1, 0.15) is 0 Å². The molecule has 0 radical (unpaired) electrons. The molecule has 5 rings (SSSR count). The SMILES string of the molecule is Brc1cccc(-c2ccc3c(c2)c2c#cccc2c2ccccc23)c1. The number of hydrogen-bond donors (Lipinski definition) is 0. The van der Waals surface area contributed by atoms with Gasteiger partial charge in [-0.2, -0.15) is 0 Å². The van der Waals surface area contributed by atoms with Crippen molar-refractivity contribution in [1.29, 1.82) is 0 Å². The van der Waals surface area contributed by atoms with Gasteiger partial charge in [-0.1, -0.05) is 76.6 Å². The summed E-state index contributed by atoms with van der Waals surface area (Å²) in [7, 11) is 0. The Morgan fingerprint density at radius 1 is 0.600 bits per heavy atom. The first-order valence-corrected chi connectivity index (χ1v) is 9.03. The highest BCUT2D eigenvalue weighted by molar-refractivity contribution is 9.10. The first-order valence-electron chi connectivity index (χ1n) is 8.24. The maximum absolute atomic E-state index is 3.57. The molecule has 0 nitrogen and oxygen atoms in total. The maximum atomic E-state index is 3.57. The number of halogens is 1. The summed E-state index contributed by atoms with van der Waals surface area (Å²) in [6.45, 7) is 0. The summed E-state index contributed by atoms with van der Waals surface area (Å²) in [4.78, 5) is 0. The second kappa shape index (κ2) is 5.62. The second-order valence-electron chi connectivity index (χ2n) is 6.21. The highest BCUT2D eigenvalue weighted by atomic mass is 79.9. The minimum atomic E-state index is 1.09. The maximum Gasteiger partial charge on any atom is 0.0406 e. The summed E-state index contributed by atoms with van der Waals surface area (Å²) < 4.78 is 1.09. The fourth-order valence-electron chi connectivity index (χ4n) is 3.61. The lowest BCUT2D eigenvalue weighted by Crippen LogP contribution is -1.84. The van der Waals surface area contributed by atoms with E-state index >= 15 is 0 Å². The van der Waals surface area contributed by atoms with Gasteiger partial charge in [-0.05, 0) is 68.4 Å². The molecule has 0 N–H and O–H groups in total. The molecule has 0 saturated heterocycles. The minimum absolute atomic E-state index is 1.09. The van der Waals surface area contributed by atoms with Crippen molar-refractivity contribution in [1.82, 2.24) is 0 Å². The summed E-state index contributed by atoms with van der Waals surface area (Å²) in [5.41, 5.74) is 2.42. The van der Waals surface area contributed by atoms with Crippen LogP contribution in [-0.2, 0) is 0 Å². The predicted molar refractivity (Wildman–Crippen MR) is 110 cm³/mol. The number of rotatable bonds is 1. The summed E-state index contributed by atoms with van der Waals surface area (Å²) in [6.07, 6.45) is 0. The molecule has 0 unspecified atom stereocenters. The van der Waals surface area contributed by atoms with Gasteiger partial charge in [-0.3, -0.25) is 0 Å². The third-order valence-electron chi connectivity index (χ3n) is 4.75. The van der Waals surface area contributed by atoms with Crippen LogP contribution in [0.1, 0.15) is 0 Å². The quantitative estimate of drug-likeness (QED) is 0.270. The Hall–Kier alpha value is -2.82. The lowest BCUT2D eigenvalue weighted by atomic mass is 9.93. The standard InChI is InChI=1S/C24H13Br/c25-18-7-5-6-16(14-18)17-12-13-23-21-10-2-1-8-19(21)20-9-3-4-11-22(20)24(23)15-17/h1-3,5-10,12-15H. The van der Waals surface area contributed by atoms with Gasteiger partial charge in [-0.15, -0.1) is 0 Å². The van der Waals surface area contributed by atoms with Crippen LogP contribution in [0.5, 0.6) is 0 Å². The van der Waals surface area contributed by atoms with E-state index in [2.05, 4.69) is 101 Å². The number of benzene rings is 4. The fraction of sp³-hybridized carbons (Fsp3) is 0. The van der Waals surface area contributed by atoms with Crippen molar-refractivity contribution in [3.05, 3.63) is 95.5 Å². The van der Waals surface area contributed by atoms with E-state index in [4.69, 9.17) is 0 Å². The molecule has 0 atom stereocenters. The van der Waals surface area contributed by atoms with Gasteiger partial charge in [0.05, 0.1) is 0 Å². The molecule has 0 aromatic heterocycles. The third kappa shape index (κ3) is 2.30. The van der Waals surface area contributed by atoms with E-state index in [1.54, 1.807) is 0 Å². The van der Waals surface area contributed by atoms with Crippen molar-refractivity contribution < 1.29 is 0 Å². The topological polar surface area (TPSA) is 0 Å². The van der Waals surface area contributed by atoms with Crippen LogP contribution >= 0.6 is 15.9 Å². The van der Waals surface area contributed by atoms with E-state index in [9.17, 15) is 0 Å². The average molecular weight is 381 g/mol. The average Bonchev–Trinajstić information content (AvgIpc) is 2.68. The van der Waals surface area contributed by atoms with Crippen molar-refractivity contribution in [3.8, 4) is 11.1 Å². The van der Waals surface area contributed by atoms with Gasteiger partial charge in [0.25, 0.3) is 0 Å². The van der Waals surface area contributed by atoms with E-state index in [-0.39, 0.29) is 0 Å². The van der Waals surface area contributed by atoms with Crippen molar-refractivity contribution in [2.45, 2.75) is 0 Å². The Labute approximate surface area is 154 Å². The number of hydrogen-bond acceptors (Lipinski definition) is 0. The molecule has 25 heavy (non-hydrogen) atoms. The van der Waals surface area contributed by atoms with Gasteiger partial charge in [0.2, 0.25) is 0 Å². The second-order valence-corrected chi connectivity index (χ2v) is 7.12. The van der Waals surface area contributed by atoms with Crippen LogP contribution in [0.3, 0.4) is 0 Å². The summed E-state index contributed by atoms with van der Waals surface area (Å²) >= 11 is 3.57. The Morgan fingerprint density at radius 3 is 2.20 bits per heavy atom. The summed E-state index contributed by atoms with van der Waals surface area (Å²) in [5.74, 6) is 0. The molecule has 5 aromatic carbocycles. The molecule has 0 spiro atoms. The van der Waals surface area contributed by atoms with Crippen LogP contribution in [0.2, 0.25) is 0 Å². The van der Waals surface area contributed by atoms with Crippen LogP contribution in [0.25, 0.3) is 43.4 Å². The molecule has 0 bridgehead atoms. The zero-order valence-electron chi connectivity index (χ0n) is 13.4. The van der Waals surface area contributed by atoms with E-state index in [0.717, 1.165) is 9.86 Å². The summed E-state index contributed by atoms with van der Waals surface area (Å²) in [6, 6.07) is 34.3. The molecular weight excluding hydrogens is 368 g/mol. The van der Waals surface area contributed by atoms with Crippen LogP contribution in [-0.4, -0.2) is 0 Å². The molecule has 0 heterocycles. The Bertz CT molecular complexity index is 1220.